The van der Waals surface area contributed by atoms with Gasteiger partial charge >= 0.3 is 11.9 Å². The van der Waals surface area contributed by atoms with Crippen LogP contribution in [0.1, 0.15) is 79.6 Å². The second kappa shape index (κ2) is 9.46. The first kappa shape index (κ1) is 23.7. The molecule has 2 aliphatic rings. The SMILES string of the molecule is CC1=CC[C@@H]2C(C)(C)C[C@H](OC(=O)CCC(=O)O)C[C@]2(C)[C@H]1CC/C(C)=C/CO. The van der Waals surface area contributed by atoms with Gasteiger partial charge in [-0.15, -0.1) is 0 Å². The second-order valence-corrected chi connectivity index (χ2v) is 9.97. The van der Waals surface area contributed by atoms with Gasteiger partial charge in [-0.2, -0.15) is 0 Å². The summed E-state index contributed by atoms with van der Waals surface area (Å²) in [6, 6.07) is 0. The predicted octanol–water partition coefficient (Wildman–Crippen LogP) is 4.89. The smallest absolute Gasteiger partial charge is 0.306 e. The summed E-state index contributed by atoms with van der Waals surface area (Å²) in [4.78, 5) is 23.0. The summed E-state index contributed by atoms with van der Waals surface area (Å²) >= 11 is 0. The molecule has 5 heteroatoms. The number of aliphatic carboxylic acids is 1. The zero-order chi connectivity index (χ0) is 21.8. The van der Waals surface area contributed by atoms with E-state index in [1.54, 1.807) is 0 Å². The highest BCUT2D eigenvalue weighted by atomic mass is 16.5. The molecular formula is C24H38O5. The van der Waals surface area contributed by atoms with Gasteiger partial charge in [0.15, 0.2) is 0 Å². The standard InChI is InChI=1S/C24H38O5/c1-16(12-13-25)6-8-19-17(2)7-9-20-23(3,4)14-18(15-24(19,20)5)29-22(28)11-10-21(26)27/h7,12,18-20,25H,6,8-11,13-15H2,1-5H3,(H,26,27)/b16-12+/t18-,19-,20+,24+/m0/s1. The fraction of sp³-hybridized carbons (Fsp3) is 0.750. The summed E-state index contributed by atoms with van der Waals surface area (Å²) in [5, 5.41) is 18.0. The van der Waals surface area contributed by atoms with E-state index in [2.05, 4.69) is 40.7 Å². The molecule has 0 spiro atoms. The van der Waals surface area contributed by atoms with Crippen molar-refractivity contribution >= 4 is 11.9 Å². The molecule has 1 fully saturated rings. The van der Waals surface area contributed by atoms with Crippen molar-refractivity contribution < 1.29 is 24.5 Å². The van der Waals surface area contributed by atoms with Crippen molar-refractivity contribution in [2.45, 2.75) is 85.7 Å². The van der Waals surface area contributed by atoms with E-state index >= 15 is 0 Å². The number of carbonyl (C=O) groups excluding carboxylic acids is 1. The highest BCUT2D eigenvalue weighted by Crippen LogP contribution is 2.61. The highest BCUT2D eigenvalue weighted by Gasteiger charge is 2.55. The lowest BCUT2D eigenvalue weighted by molar-refractivity contribution is -0.165. The maximum atomic E-state index is 12.2. The van der Waals surface area contributed by atoms with Crippen LogP contribution in [0.3, 0.4) is 0 Å². The van der Waals surface area contributed by atoms with E-state index in [9.17, 15) is 9.59 Å². The minimum atomic E-state index is -0.975. The largest absolute Gasteiger partial charge is 0.481 e. The number of carboxylic acid groups (broad SMARTS) is 1. The van der Waals surface area contributed by atoms with E-state index in [1.807, 2.05) is 6.08 Å². The Morgan fingerprint density at radius 3 is 2.52 bits per heavy atom. The number of carbonyl (C=O) groups is 2. The van der Waals surface area contributed by atoms with Crippen LogP contribution in [0.5, 0.6) is 0 Å². The summed E-state index contributed by atoms with van der Waals surface area (Å²) in [7, 11) is 0. The molecule has 0 unspecified atom stereocenters. The quantitative estimate of drug-likeness (QED) is 0.443. The minimum Gasteiger partial charge on any atom is -0.481 e. The highest BCUT2D eigenvalue weighted by molar-refractivity contribution is 5.76. The molecule has 0 amide bonds. The number of hydrogen-bond acceptors (Lipinski definition) is 4. The third-order valence-electron chi connectivity index (χ3n) is 7.29. The maximum Gasteiger partial charge on any atom is 0.306 e. The zero-order valence-electron chi connectivity index (χ0n) is 18.7. The van der Waals surface area contributed by atoms with Gasteiger partial charge in [0.05, 0.1) is 19.4 Å². The number of aliphatic hydroxyl groups is 1. The van der Waals surface area contributed by atoms with Gasteiger partial charge in [0, 0.05) is 0 Å². The van der Waals surface area contributed by atoms with Gasteiger partial charge in [0.25, 0.3) is 0 Å². The Hall–Kier alpha value is -1.62. The van der Waals surface area contributed by atoms with Gasteiger partial charge in [-0.3, -0.25) is 9.59 Å². The Bertz CT molecular complexity index is 675. The van der Waals surface area contributed by atoms with Crippen molar-refractivity contribution in [1.29, 1.82) is 0 Å². The topological polar surface area (TPSA) is 83.8 Å². The van der Waals surface area contributed by atoms with E-state index in [1.165, 1.54) is 11.1 Å². The van der Waals surface area contributed by atoms with Gasteiger partial charge in [-0.1, -0.05) is 44.1 Å². The monoisotopic (exact) mass is 406 g/mol. The van der Waals surface area contributed by atoms with Crippen molar-refractivity contribution in [1.82, 2.24) is 0 Å². The molecule has 0 aliphatic heterocycles. The molecule has 29 heavy (non-hydrogen) atoms. The molecule has 2 aliphatic carbocycles. The predicted molar refractivity (Wildman–Crippen MR) is 113 cm³/mol. The Balaban J connectivity index is 2.20. The van der Waals surface area contributed by atoms with Crippen LogP contribution in [0, 0.1) is 22.7 Å². The molecule has 0 radical (unpaired) electrons. The summed E-state index contributed by atoms with van der Waals surface area (Å²) in [5.41, 5.74) is 2.68. The molecule has 5 nitrogen and oxygen atoms in total. The molecule has 1 saturated carbocycles. The van der Waals surface area contributed by atoms with Crippen molar-refractivity contribution in [3.63, 3.8) is 0 Å². The average molecular weight is 407 g/mol. The molecule has 0 bridgehead atoms. The van der Waals surface area contributed by atoms with Crippen molar-refractivity contribution in [2.75, 3.05) is 6.61 Å². The van der Waals surface area contributed by atoms with Crippen LogP contribution < -0.4 is 0 Å². The van der Waals surface area contributed by atoms with Crippen LogP contribution >= 0.6 is 0 Å². The van der Waals surface area contributed by atoms with Crippen LogP contribution in [-0.2, 0) is 14.3 Å². The molecule has 4 atom stereocenters. The normalized spacial score (nSPS) is 31.6. The van der Waals surface area contributed by atoms with Crippen molar-refractivity contribution in [2.24, 2.45) is 22.7 Å². The second-order valence-electron chi connectivity index (χ2n) is 9.97. The molecule has 164 valence electrons. The Morgan fingerprint density at radius 2 is 1.90 bits per heavy atom. The number of hydrogen-bond donors (Lipinski definition) is 2. The van der Waals surface area contributed by atoms with Crippen LogP contribution in [0.15, 0.2) is 23.3 Å². The van der Waals surface area contributed by atoms with E-state index in [0.29, 0.717) is 11.8 Å². The molecule has 2 N–H and O–H groups in total. The third-order valence-corrected chi connectivity index (χ3v) is 7.29. The fourth-order valence-electron chi connectivity index (χ4n) is 5.99. The van der Waals surface area contributed by atoms with Gasteiger partial charge in [0.2, 0.25) is 0 Å². The van der Waals surface area contributed by atoms with E-state index < -0.39 is 11.9 Å². The first-order valence-corrected chi connectivity index (χ1v) is 10.8. The molecule has 0 aromatic rings. The molecular weight excluding hydrogens is 368 g/mol. The number of allylic oxidation sites excluding steroid dienone is 3. The molecule has 2 rings (SSSR count). The number of fused-ring (bicyclic) bond motifs is 1. The lowest BCUT2D eigenvalue weighted by Crippen LogP contribution is -2.53. The molecule has 0 aromatic carbocycles. The Kier molecular flexibility index (Phi) is 7.72. The van der Waals surface area contributed by atoms with E-state index in [0.717, 1.165) is 32.1 Å². The number of ether oxygens (including phenoxy) is 1. The first-order chi connectivity index (χ1) is 13.5. The summed E-state index contributed by atoms with van der Waals surface area (Å²) < 4.78 is 5.77. The van der Waals surface area contributed by atoms with Gasteiger partial charge in [0.1, 0.15) is 6.10 Å². The van der Waals surface area contributed by atoms with E-state index in [4.69, 9.17) is 14.9 Å². The van der Waals surface area contributed by atoms with Crippen LogP contribution in [0.25, 0.3) is 0 Å². The van der Waals surface area contributed by atoms with Crippen LogP contribution in [0.2, 0.25) is 0 Å². The Labute approximate surface area is 175 Å². The number of rotatable bonds is 8. The fourth-order valence-corrected chi connectivity index (χ4v) is 5.99. The van der Waals surface area contributed by atoms with Crippen molar-refractivity contribution in [3.05, 3.63) is 23.3 Å². The van der Waals surface area contributed by atoms with Gasteiger partial charge in [-0.05, 0) is 68.6 Å². The summed E-state index contributed by atoms with van der Waals surface area (Å²) in [6.07, 6.45) is 8.49. The lowest BCUT2D eigenvalue weighted by atomic mass is 9.47. The Morgan fingerprint density at radius 1 is 1.21 bits per heavy atom. The van der Waals surface area contributed by atoms with Crippen molar-refractivity contribution in [3.8, 4) is 0 Å². The van der Waals surface area contributed by atoms with Crippen LogP contribution in [-0.4, -0.2) is 34.9 Å². The number of esters is 1. The molecule has 0 saturated heterocycles. The summed E-state index contributed by atoms with van der Waals surface area (Å²) in [6.45, 7) is 11.3. The zero-order valence-corrected chi connectivity index (χ0v) is 18.7. The first-order valence-electron chi connectivity index (χ1n) is 10.8. The lowest BCUT2D eigenvalue weighted by Gasteiger charge is -2.58. The number of aliphatic hydroxyl groups excluding tert-OH is 1. The maximum absolute atomic E-state index is 12.2. The average Bonchev–Trinajstić information content (AvgIpc) is 2.58. The third kappa shape index (κ3) is 5.71. The van der Waals surface area contributed by atoms with Gasteiger partial charge < -0.3 is 14.9 Å². The van der Waals surface area contributed by atoms with Crippen LogP contribution in [0.4, 0.5) is 0 Å². The van der Waals surface area contributed by atoms with Gasteiger partial charge in [-0.25, -0.2) is 0 Å². The van der Waals surface area contributed by atoms with E-state index in [-0.39, 0.29) is 36.4 Å². The molecule has 0 heterocycles. The minimum absolute atomic E-state index is 0.0256. The number of carboxylic acids is 1. The summed E-state index contributed by atoms with van der Waals surface area (Å²) in [5.74, 6) is -0.461. The molecule has 0 aromatic heterocycles.